The van der Waals surface area contributed by atoms with Crippen molar-refractivity contribution in [2.24, 2.45) is 0 Å². The molecular formula is C55H55N7O8. The number of ketones is 1. The monoisotopic (exact) mass is 941 g/mol. The molecule has 2 aliphatic rings. The number of ether oxygens (including phenoxy) is 1. The molecular weight excluding hydrogens is 887 g/mol. The van der Waals surface area contributed by atoms with Crippen molar-refractivity contribution in [1.82, 2.24) is 35.8 Å². The molecule has 0 unspecified atom stereocenters. The summed E-state index contributed by atoms with van der Waals surface area (Å²) in [5, 5.41) is 43.2. The van der Waals surface area contributed by atoms with E-state index in [9.17, 15) is 34.5 Å². The highest BCUT2D eigenvalue weighted by molar-refractivity contribution is 5.95. The molecule has 0 spiro atoms. The minimum absolute atomic E-state index is 0.0754. The second-order valence-electron chi connectivity index (χ2n) is 18.1. The number of piperidine rings is 1. The number of phenolic OH excluding ortho intramolecular Hbond substituents is 1. The third kappa shape index (κ3) is 11.0. The van der Waals surface area contributed by atoms with Gasteiger partial charge >= 0.3 is 0 Å². The molecule has 5 aromatic carbocycles. The van der Waals surface area contributed by atoms with E-state index in [2.05, 4.69) is 47.9 Å². The summed E-state index contributed by atoms with van der Waals surface area (Å²) in [4.78, 5) is 66.3. The number of rotatable bonds is 18. The molecule has 2 aromatic heterocycles. The summed E-state index contributed by atoms with van der Waals surface area (Å²) in [5.41, 5.74) is 2.91. The lowest BCUT2D eigenvalue weighted by molar-refractivity contribution is -0.142. The summed E-state index contributed by atoms with van der Waals surface area (Å²) in [5.74, 6) is -1.21. The second-order valence-corrected chi connectivity index (χ2v) is 18.1. The van der Waals surface area contributed by atoms with Crippen molar-refractivity contribution in [3.05, 3.63) is 195 Å². The van der Waals surface area contributed by atoms with E-state index in [4.69, 9.17) is 4.74 Å². The summed E-state index contributed by atoms with van der Waals surface area (Å²) in [6.07, 6.45) is 4.53. The van der Waals surface area contributed by atoms with E-state index in [1.54, 1.807) is 72.8 Å². The number of aromatic nitrogens is 3. The Morgan fingerprint density at radius 1 is 0.786 bits per heavy atom. The van der Waals surface area contributed by atoms with E-state index in [1.807, 2.05) is 36.4 Å². The lowest BCUT2D eigenvalue weighted by Crippen LogP contribution is -2.53. The molecule has 0 bridgehead atoms. The maximum absolute atomic E-state index is 14.1. The summed E-state index contributed by atoms with van der Waals surface area (Å²) in [6, 6.07) is 38.9. The van der Waals surface area contributed by atoms with Gasteiger partial charge in [-0.15, -0.1) is 0 Å². The van der Waals surface area contributed by atoms with Gasteiger partial charge in [-0.25, -0.2) is 4.98 Å². The lowest BCUT2D eigenvalue weighted by Gasteiger charge is -2.36. The number of nitrogens with one attached hydrogen (secondary N) is 4. The first-order valence-electron chi connectivity index (χ1n) is 23.6. The van der Waals surface area contributed by atoms with Crippen LogP contribution in [0.1, 0.15) is 80.5 Å². The molecule has 0 radical (unpaired) electrons. The number of aromatic amines is 1. The number of pyridine rings is 1. The molecule has 358 valence electrons. The van der Waals surface area contributed by atoms with Gasteiger partial charge in [0.2, 0.25) is 5.56 Å². The van der Waals surface area contributed by atoms with Crippen LogP contribution < -0.4 is 21.5 Å². The maximum Gasteiger partial charge on any atom is 0.271 e. The highest BCUT2D eigenvalue weighted by atomic mass is 16.5. The Balaban J connectivity index is 0.754. The van der Waals surface area contributed by atoms with Crippen molar-refractivity contribution in [1.29, 1.82) is 0 Å². The number of amides is 2. The zero-order chi connectivity index (χ0) is 48.6. The molecule has 2 fully saturated rings. The predicted molar refractivity (Wildman–Crippen MR) is 264 cm³/mol. The number of aliphatic hydroxyl groups excluding tert-OH is 1. The Hall–Kier alpha value is -7.40. The van der Waals surface area contributed by atoms with Crippen LogP contribution in [0, 0.1) is 0 Å². The molecule has 15 nitrogen and oxygen atoms in total. The van der Waals surface area contributed by atoms with Crippen molar-refractivity contribution >= 4 is 28.5 Å². The molecule has 1 aliphatic heterocycles. The highest BCUT2D eigenvalue weighted by Gasteiger charge is 2.40. The van der Waals surface area contributed by atoms with Crippen molar-refractivity contribution < 1.29 is 34.4 Å². The standard InChI is InChI=1S/C55H55N7O8/c63-48-20-18-44(45-19-21-51(66)61-52(45)48)49(64)32-56-29-35-14-16-37(17-15-35)53(67)58-41-27-42(28-41)59-54(68)47-31-57-30-46(60-47)38-10-7-13-40(26-38)55(69,39-11-5-2-6-12-39)50(65)34-70-43-22-24-62(25-23-43)33-36-8-3-1-4-9-36/h1-21,26,30-31,41-43,49,56,63-64,69H,22-25,27-29,32-34H2,(H,58,67)(H,59,68)(H,61,66)/t41-,42-,49-,55-/m0/s1. The largest absolute Gasteiger partial charge is 0.506 e. The van der Waals surface area contributed by atoms with Crippen LogP contribution in [0.3, 0.4) is 0 Å². The average Bonchev–Trinajstić information content (AvgIpc) is 3.38. The summed E-state index contributed by atoms with van der Waals surface area (Å²) < 4.78 is 6.18. The summed E-state index contributed by atoms with van der Waals surface area (Å²) in [6.45, 7) is 2.93. The first kappa shape index (κ1) is 47.7. The van der Waals surface area contributed by atoms with Crippen LogP contribution in [0.5, 0.6) is 5.75 Å². The van der Waals surface area contributed by atoms with E-state index in [-0.39, 0.29) is 59.8 Å². The number of H-pyrrole nitrogens is 1. The van der Waals surface area contributed by atoms with Gasteiger partial charge in [0.15, 0.2) is 11.4 Å². The molecule has 15 heteroatoms. The third-order valence-corrected chi connectivity index (χ3v) is 13.2. The van der Waals surface area contributed by atoms with Crippen molar-refractivity contribution in [2.45, 2.75) is 68.7 Å². The molecule has 7 N–H and O–H groups in total. The number of aromatic hydroxyl groups is 1. The first-order chi connectivity index (χ1) is 34.0. The number of nitrogens with zero attached hydrogens (tertiary/aromatic N) is 3. The molecule has 1 saturated heterocycles. The minimum Gasteiger partial charge on any atom is -0.506 e. The van der Waals surface area contributed by atoms with Crippen LogP contribution in [0.4, 0.5) is 0 Å². The van der Waals surface area contributed by atoms with Gasteiger partial charge in [0.05, 0.1) is 35.8 Å². The molecule has 70 heavy (non-hydrogen) atoms. The van der Waals surface area contributed by atoms with Crippen LogP contribution in [0.15, 0.2) is 151 Å². The second kappa shape index (κ2) is 21.5. The molecule has 1 saturated carbocycles. The third-order valence-electron chi connectivity index (χ3n) is 13.2. The van der Waals surface area contributed by atoms with E-state index >= 15 is 0 Å². The zero-order valence-corrected chi connectivity index (χ0v) is 38.5. The number of aliphatic hydroxyl groups is 2. The fourth-order valence-corrected chi connectivity index (χ4v) is 9.23. The number of fused-ring (bicyclic) bond motifs is 1. The number of carbonyl (C=O) groups excluding carboxylic acids is 3. The summed E-state index contributed by atoms with van der Waals surface area (Å²) >= 11 is 0. The van der Waals surface area contributed by atoms with Gasteiger partial charge in [-0.1, -0.05) is 97.1 Å². The van der Waals surface area contributed by atoms with Crippen molar-refractivity contribution in [3.63, 3.8) is 0 Å². The first-order valence-corrected chi connectivity index (χ1v) is 23.6. The Labute approximate surface area is 404 Å². The fourth-order valence-electron chi connectivity index (χ4n) is 9.23. The molecule has 1 aliphatic carbocycles. The van der Waals surface area contributed by atoms with E-state index in [1.165, 1.54) is 30.1 Å². The van der Waals surface area contributed by atoms with Gasteiger partial charge in [-0.2, -0.15) is 0 Å². The Kier molecular flexibility index (Phi) is 14.6. The average molecular weight is 942 g/mol. The van der Waals surface area contributed by atoms with Crippen molar-refractivity contribution in [2.75, 3.05) is 26.2 Å². The van der Waals surface area contributed by atoms with Crippen molar-refractivity contribution in [3.8, 4) is 17.0 Å². The van der Waals surface area contributed by atoms with Gasteiger partial charge in [0, 0.05) is 67.4 Å². The number of phenols is 1. The molecule has 2 amide bonds. The Morgan fingerprint density at radius 2 is 1.49 bits per heavy atom. The number of Topliss-reactive ketones (excluding diaryl/α,β-unsaturated/α-hetero) is 1. The van der Waals surface area contributed by atoms with Crippen LogP contribution >= 0.6 is 0 Å². The quantitative estimate of drug-likeness (QED) is 0.0552. The van der Waals surface area contributed by atoms with Crippen LogP contribution in [0.25, 0.3) is 22.2 Å². The minimum atomic E-state index is -2.02. The maximum atomic E-state index is 14.1. The molecule has 3 heterocycles. The zero-order valence-electron chi connectivity index (χ0n) is 38.5. The van der Waals surface area contributed by atoms with Gasteiger partial charge in [-0.3, -0.25) is 29.1 Å². The number of carbonyl (C=O) groups is 3. The van der Waals surface area contributed by atoms with E-state index in [0.29, 0.717) is 58.3 Å². The predicted octanol–water partition coefficient (Wildman–Crippen LogP) is 5.69. The van der Waals surface area contributed by atoms with E-state index in [0.717, 1.165) is 38.0 Å². The topological polar surface area (TPSA) is 219 Å². The fraction of sp³-hybridized carbons (Fsp3) is 0.273. The van der Waals surface area contributed by atoms with Gasteiger partial charge in [0.1, 0.15) is 18.1 Å². The number of hydrogen-bond donors (Lipinski definition) is 7. The number of benzene rings is 5. The number of hydrogen-bond acceptors (Lipinski definition) is 12. The van der Waals surface area contributed by atoms with Gasteiger partial charge in [0.25, 0.3) is 11.8 Å². The lowest BCUT2D eigenvalue weighted by atomic mass is 9.82. The van der Waals surface area contributed by atoms with Gasteiger partial charge in [-0.05, 0) is 83.8 Å². The highest BCUT2D eigenvalue weighted by Crippen LogP contribution is 2.34. The van der Waals surface area contributed by atoms with Crippen LogP contribution in [0.2, 0.25) is 0 Å². The van der Waals surface area contributed by atoms with Gasteiger partial charge < -0.3 is 41.0 Å². The Bertz CT molecular complexity index is 3010. The molecule has 7 aromatic rings. The smallest absolute Gasteiger partial charge is 0.271 e. The Morgan fingerprint density at radius 3 is 2.23 bits per heavy atom. The van der Waals surface area contributed by atoms with Crippen LogP contribution in [-0.2, 0) is 28.2 Å². The normalized spacial score (nSPS) is 17.5. The molecule has 9 rings (SSSR count). The van der Waals surface area contributed by atoms with E-state index < -0.39 is 23.4 Å². The SMILES string of the molecule is O=C(N[C@H]1C[C@H](NC(=O)c2cncc(-c3cccc([C@](O)(C(=O)COC4CCN(Cc5ccccc5)CC4)c4ccccc4)c3)n2)C1)c1ccc(CNC[C@H](O)c2ccc(O)c3[nH]c(=O)ccc23)cc1. The van der Waals surface area contributed by atoms with Crippen LogP contribution in [-0.4, -0.2) is 97.2 Å². The molecule has 2 atom stereocenters. The number of likely N-dealkylation sites (tertiary alicyclic amines) is 1. The summed E-state index contributed by atoms with van der Waals surface area (Å²) in [7, 11) is 0.